The van der Waals surface area contributed by atoms with E-state index in [9.17, 15) is 14.4 Å². The molecule has 0 fully saturated rings. The van der Waals surface area contributed by atoms with Crippen LogP contribution < -0.4 is 5.32 Å². The molecule has 1 amide bonds. The summed E-state index contributed by atoms with van der Waals surface area (Å²) in [6, 6.07) is 0. The van der Waals surface area contributed by atoms with Crippen LogP contribution in [0.25, 0.3) is 0 Å². The van der Waals surface area contributed by atoms with E-state index >= 15 is 0 Å². The Balaban J connectivity index is 2.20. The number of ether oxygens (including phenoxy) is 2. The van der Waals surface area contributed by atoms with E-state index in [-0.39, 0.29) is 31.3 Å². The quantitative estimate of drug-likeness (QED) is 0.694. The second kappa shape index (κ2) is 9.71. The molecule has 1 aromatic rings. The Kier molecular flexibility index (Phi) is 7.63. The largest absolute Gasteiger partial charge is 0.469 e. The average Bonchev–Trinajstić information content (AvgIpc) is 2.97. The molecular weight excluding hydrogens is 354 g/mol. The predicted molar refractivity (Wildman–Crippen MR) is 101 cm³/mol. The van der Waals surface area contributed by atoms with Crippen molar-refractivity contribution in [2.45, 2.75) is 58.8 Å². The van der Waals surface area contributed by atoms with Gasteiger partial charge in [0.15, 0.2) is 0 Å². The van der Waals surface area contributed by atoms with Crippen LogP contribution in [-0.2, 0) is 31.9 Å². The highest BCUT2D eigenvalue weighted by atomic mass is 32.1. The summed E-state index contributed by atoms with van der Waals surface area (Å²) >= 11 is 1.47. The Bertz CT molecular complexity index is 667. The zero-order valence-corrected chi connectivity index (χ0v) is 16.5. The standard InChI is InChI=1S/C19H27NO5S/c1-4-6-12-7-8-13-14(11-12)26-18(17(13)19(23)25-5-2)20-15(21)9-10-16(22)24-3/h12H,4-11H2,1-3H3,(H,20,21)/t12-/m0/s1. The third-order valence-electron chi connectivity index (χ3n) is 4.58. The van der Waals surface area contributed by atoms with Gasteiger partial charge in [-0.15, -0.1) is 11.3 Å². The van der Waals surface area contributed by atoms with Crippen LogP contribution in [0.5, 0.6) is 0 Å². The van der Waals surface area contributed by atoms with Gasteiger partial charge in [0, 0.05) is 11.3 Å². The van der Waals surface area contributed by atoms with Crippen LogP contribution in [0, 0.1) is 5.92 Å². The number of carbonyl (C=O) groups excluding carboxylic acids is 3. The summed E-state index contributed by atoms with van der Waals surface area (Å²) < 4.78 is 9.76. The van der Waals surface area contributed by atoms with Crippen molar-refractivity contribution >= 4 is 34.2 Å². The molecule has 26 heavy (non-hydrogen) atoms. The summed E-state index contributed by atoms with van der Waals surface area (Å²) in [5.41, 5.74) is 1.51. The molecule has 0 unspecified atom stereocenters. The van der Waals surface area contributed by atoms with Gasteiger partial charge < -0.3 is 14.8 Å². The van der Waals surface area contributed by atoms with Gasteiger partial charge in [-0.2, -0.15) is 0 Å². The molecule has 144 valence electrons. The van der Waals surface area contributed by atoms with Gasteiger partial charge in [-0.25, -0.2) is 4.79 Å². The molecule has 1 N–H and O–H groups in total. The third kappa shape index (κ3) is 5.06. The second-order valence-electron chi connectivity index (χ2n) is 6.45. The summed E-state index contributed by atoms with van der Waals surface area (Å²) in [6.07, 6.45) is 5.19. The van der Waals surface area contributed by atoms with E-state index < -0.39 is 5.97 Å². The van der Waals surface area contributed by atoms with Crippen molar-refractivity contribution in [3.63, 3.8) is 0 Å². The lowest BCUT2D eigenvalue weighted by Gasteiger charge is -2.21. The minimum atomic E-state index is -0.432. The maximum atomic E-state index is 12.5. The van der Waals surface area contributed by atoms with Gasteiger partial charge in [0.05, 0.1) is 25.7 Å². The maximum absolute atomic E-state index is 12.5. The van der Waals surface area contributed by atoms with Crippen molar-refractivity contribution in [1.29, 1.82) is 0 Å². The van der Waals surface area contributed by atoms with Crippen molar-refractivity contribution in [3.05, 3.63) is 16.0 Å². The number of fused-ring (bicyclic) bond motifs is 1. The summed E-state index contributed by atoms with van der Waals surface area (Å²) in [5.74, 6) is -0.491. The average molecular weight is 381 g/mol. The van der Waals surface area contributed by atoms with Crippen LogP contribution in [0.15, 0.2) is 0 Å². The molecule has 0 radical (unpaired) electrons. The fraction of sp³-hybridized carbons (Fsp3) is 0.632. The van der Waals surface area contributed by atoms with Crippen molar-refractivity contribution < 1.29 is 23.9 Å². The number of methoxy groups -OCH3 is 1. The molecule has 0 saturated heterocycles. The smallest absolute Gasteiger partial charge is 0.341 e. The summed E-state index contributed by atoms with van der Waals surface area (Å²) in [5, 5.41) is 3.35. The normalized spacial score (nSPS) is 15.9. The molecule has 0 saturated carbocycles. The fourth-order valence-electron chi connectivity index (χ4n) is 3.32. The molecule has 1 aromatic heterocycles. The molecule has 0 aromatic carbocycles. The molecule has 0 aliphatic heterocycles. The first-order valence-electron chi connectivity index (χ1n) is 9.18. The number of nitrogens with one attached hydrogen (secondary N) is 1. The number of amides is 1. The van der Waals surface area contributed by atoms with Crippen molar-refractivity contribution in [2.24, 2.45) is 5.92 Å². The number of rotatable bonds is 8. The van der Waals surface area contributed by atoms with Crippen molar-refractivity contribution in [1.82, 2.24) is 0 Å². The van der Waals surface area contributed by atoms with Crippen LogP contribution in [0.2, 0.25) is 0 Å². The highest BCUT2D eigenvalue weighted by Gasteiger charge is 2.30. The van der Waals surface area contributed by atoms with Gasteiger partial charge in [0.1, 0.15) is 5.00 Å². The second-order valence-corrected chi connectivity index (χ2v) is 7.56. The van der Waals surface area contributed by atoms with Crippen LogP contribution in [-0.4, -0.2) is 31.6 Å². The minimum Gasteiger partial charge on any atom is -0.469 e. The molecule has 7 heteroatoms. The van der Waals surface area contributed by atoms with E-state index in [4.69, 9.17) is 4.74 Å². The van der Waals surface area contributed by atoms with E-state index in [1.54, 1.807) is 6.92 Å². The fourth-order valence-corrected chi connectivity index (χ4v) is 4.69. The van der Waals surface area contributed by atoms with Gasteiger partial charge in [0.2, 0.25) is 5.91 Å². The highest BCUT2D eigenvalue weighted by molar-refractivity contribution is 7.17. The summed E-state index contributed by atoms with van der Waals surface area (Å²) in [7, 11) is 1.29. The Morgan fingerprint density at radius 1 is 1.23 bits per heavy atom. The number of anilines is 1. The summed E-state index contributed by atoms with van der Waals surface area (Å²) in [4.78, 5) is 37.0. The topological polar surface area (TPSA) is 81.7 Å². The van der Waals surface area contributed by atoms with E-state index in [2.05, 4.69) is 17.0 Å². The molecule has 1 heterocycles. The monoisotopic (exact) mass is 381 g/mol. The zero-order valence-electron chi connectivity index (χ0n) is 15.7. The molecule has 1 atom stereocenters. The van der Waals surface area contributed by atoms with Gasteiger partial charge in [-0.1, -0.05) is 19.8 Å². The first-order valence-corrected chi connectivity index (χ1v) is 10.00. The zero-order chi connectivity index (χ0) is 19.1. The van der Waals surface area contributed by atoms with Gasteiger partial charge >= 0.3 is 11.9 Å². The predicted octanol–water partition coefficient (Wildman–Crippen LogP) is 3.72. The Morgan fingerprint density at radius 3 is 2.65 bits per heavy atom. The number of hydrogen-bond acceptors (Lipinski definition) is 6. The molecule has 1 aliphatic rings. The maximum Gasteiger partial charge on any atom is 0.341 e. The number of esters is 2. The van der Waals surface area contributed by atoms with E-state index in [0.717, 1.165) is 31.2 Å². The molecule has 2 rings (SSSR count). The van der Waals surface area contributed by atoms with Crippen LogP contribution in [0.4, 0.5) is 5.00 Å². The van der Waals surface area contributed by atoms with Crippen molar-refractivity contribution in [3.8, 4) is 0 Å². The molecule has 0 bridgehead atoms. The number of carbonyl (C=O) groups is 3. The van der Waals surface area contributed by atoms with Gasteiger partial charge in [-0.05, 0) is 37.7 Å². The SMILES string of the molecule is CCC[C@H]1CCc2c(sc(NC(=O)CCC(=O)OC)c2C(=O)OCC)C1. The Hall–Kier alpha value is -1.89. The lowest BCUT2D eigenvalue weighted by atomic mass is 9.84. The van der Waals surface area contributed by atoms with Crippen molar-refractivity contribution in [2.75, 3.05) is 19.0 Å². The van der Waals surface area contributed by atoms with Gasteiger partial charge in [0.25, 0.3) is 0 Å². The van der Waals surface area contributed by atoms with Crippen LogP contribution in [0.1, 0.15) is 66.8 Å². The Labute approximate surface area is 158 Å². The molecule has 0 spiro atoms. The third-order valence-corrected chi connectivity index (χ3v) is 5.75. The lowest BCUT2D eigenvalue weighted by molar-refractivity contribution is -0.141. The van der Waals surface area contributed by atoms with E-state index in [0.29, 0.717) is 16.5 Å². The molecular formula is C19H27NO5S. The minimum absolute atomic E-state index is 0.0146. The van der Waals surface area contributed by atoms with E-state index in [1.807, 2.05) is 0 Å². The molecule has 1 aliphatic carbocycles. The summed E-state index contributed by atoms with van der Waals surface area (Å²) in [6.45, 7) is 4.24. The highest BCUT2D eigenvalue weighted by Crippen LogP contribution is 2.41. The Morgan fingerprint density at radius 2 is 2.00 bits per heavy atom. The van der Waals surface area contributed by atoms with Crippen LogP contribution >= 0.6 is 11.3 Å². The molecule has 6 nitrogen and oxygen atoms in total. The first kappa shape index (κ1) is 20.4. The van der Waals surface area contributed by atoms with E-state index in [1.165, 1.54) is 29.7 Å². The first-order chi connectivity index (χ1) is 12.5. The lowest BCUT2D eigenvalue weighted by Crippen LogP contribution is -2.18. The number of hydrogen-bond donors (Lipinski definition) is 1. The van der Waals surface area contributed by atoms with Gasteiger partial charge in [-0.3, -0.25) is 9.59 Å². The van der Waals surface area contributed by atoms with Crippen LogP contribution in [0.3, 0.4) is 0 Å². The number of thiophene rings is 1.